The summed E-state index contributed by atoms with van der Waals surface area (Å²) in [5.41, 5.74) is 11.4. The molecule has 0 aromatic rings. The van der Waals surface area contributed by atoms with Crippen LogP contribution in [0.5, 0.6) is 0 Å². The molecule has 8 N–H and O–H groups in total. The van der Waals surface area contributed by atoms with Crippen LogP contribution in [0.25, 0.3) is 0 Å². The van der Waals surface area contributed by atoms with Gasteiger partial charge >= 0.3 is 0 Å². The Labute approximate surface area is 252 Å². The normalized spacial score (nSPS) is 9.90. The van der Waals surface area contributed by atoms with Gasteiger partial charge in [0.15, 0.2) is 0 Å². The fourth-order valence-electron chi connectivity index (χ4n) is 0. The van der Waals surface area contributed by atoms with E-state index in [2.05, 4.69) is 21.7 Å². The molecule has 0 amide bonds. The summed E-state index contributed by atoms with van der Waals surface area (Å²) in [5, 5.41) is 18.5. The fraction of sp³-hybridized carbons (Fsp3) is 1.00. The molecule has 0 bridgehead atoms. The summed E-state index contributed by atoms with van der Waals surface area (Å²) in [7, 11) is 46.2. The molecule has 0 aliphatic carbocycles. The molecule has 0 heterocycles. The molecular weight excluding hydrogens is 512 g/mol. The molecule has 16 nitrogen and oxygen atoms in total. The van der Waals surface area contributed by atoms with Crippen molar-refractivity contribution in [1.82, 2.24) is 71.8 Å². The van der Waals surface area contributed by atoms with E-state index in [1.807, 2.05) is 181 Å². The molecule has 0 saturated carbocycles. The van der Waals surface area contributed by atoms with Gasteiger partial charge in [0, 0.05) is 141 Å². The van der Waals surface area contributed by atoms with Crippen LogP contribution in [0.3, 0.4) is 0 Å². The van der Waals surface area contributed by atoms with E-state index < -0.39 is 0 Å². The summed E-state index contributed by atoms with van der Waals surface area (Å²) >= 11 is 0. The van der Waals surface area contributed by atoms with Gasteiger partial charge in [0.05, 0.1) is 0 Å². The molecule has 0 fully saturated rings. The Kier molecular flexibility index (Phi) is 70.8. The van der Waals surface area contributed by atoms with E-state index in [1.165, 1.54) is 10.0 Å². The average Bonchev–Trinajstić information content (AvgIpc) is 2.79. The van der Waals surface area contributed by atoms with Crippen molar-refractivity contribution >= 4 is 0 Å². The lowest BCUT2D eigenvalue weighted by molar-refractivity contribution is 0.0894. The number of hydrogen-bond donors (Lipinski definition) is 6. The summed E-state index contributed by atoms with van der Waals surface area (Å²) in [6.45, 7) is 0. The van der Waals surface area contributed by atoms with Crippen LogP contribution in [0, 0.1) is 0 Å². The monoisotopic (exact) mass is 593 g/mol. The second-order valence-electron chi connectivity index (χ2n) is 9.79. The topological polar surface area (TPSA) is 133 Å². The lowest BCUT2D eigenvalue weighted by Crippen LogP contribution is -2.28. The van der Waals surface area contributed by atoms with Crippen LogP contribution in [0.4, 0.5) is 0 Å². The molecule has 40 heavy (non-hydrogen) atoms. The van der Waals surface area contributed by atoms with Gasteiger partial charge < -0.3 is 0 Å². The van der Waals surface area contributed by atoms with Gasteiger partial charge in [-0.3, -0.25) is 63.4 Å². The number of nitrogens with one attached hydrogen (secondary N) is 4. The first kappa shape index (κ1) is 58.9. The van der Waals surface area contributed by atoms with Crippen molar-refractivity contribution < 1.29 is 0 Å². The zero-order chi connectivity index (χ0) is 34.6. The standard InChI is InChI=1S/2C4H12N2.4C3H10N2.2C2H8N2/c2*1-5(2)6(3)4;4*1-4-5(2)3;2*1-4(2)3/h2*1-4H3;4*4H,1-3H3;2*3H2,1-2H3. The zero-order valence-corrected chi connectivity index (χ0v) is 31.6. The molecule has 0 unspecified atom stereocenters. The summed E-state index contributed by atoms with van der Waals surface area (Å²) in [6.07, 6.45) is 0. The van der Waals surface area contributed by atoms with Crippen molar-refractivity contribution in [2.24, 2.45) is 11.7 Å². The van der Waals surface area contributed by atoms with Gasteiger partial charge in [-0.1, -0.05) is 0 Å². The predicted octanol–water partition coefficient (Wildman–Crippen LogP) is -2.38. The number of hydrazine groups is 8. The molecule has 0 radical (unpaired) electrons. The van der Waals surface area contributed by atoms with Gasteiger partial charge in [0.2, 0.25) is 0 Å². The smallest absolute Gasteiger partial charge is 0.00151 e. The Morgan fingerprint density at radius 1 is 0.275 bits per heavy atom. The molecule has 0 aromatic carbocycles. The van der Waals surface area contributed by atoms with Crippen LogP contribution in [0.1, 0.15) is 0 Å². The van der Waals surface area contributed by atoms with E-state index in [-0.39, 0.29) is 0 Å². The number of hydrogen-bond acceptors (Lipinski definition) is 16. The molecule has 0 aliphatic rings. The molecule has 0 spiro atoms. The first-order chi connectivity index (χ1) is 17.8. The lowest BCUT2D eigenvalue weighted by Gasteiger charge is -2.17. The van der Waals surface area contributed by atoms with Crippen LogP contribution in [0.15, 0.2) is 0 Å². The van der Waals surface area contributed by atoms with E-state index in [4.69, 9.17) is 11.7 Å². The third kappa shape index (κ3) is 209. The zero-order valence-electron chi connectivity index (χ0n) is 31.6. The van der Waals surface area contributed by atoms with Crippen LogP contribution in [0.2, 0.25) is 0 Å². The Morgan fingerprint density at radius 3 is 0.325 bits per heavy atom. The van der Waals surface area contributed by atoms with Crippen molar-refractivity contribution in [2.75, 3.05) is 169 Å². The quantitative estimate of drug-likeness (QED) is 0.145. The number of rotatable bonds is 6. The van der Waals surface area contributed by atoms with Crippen molar-refractivity contribution in [2.45, 2.75) is 0 Å². The van der Waals surface area contributed by atoms with Gasteiger partial charge in [-0.05, 0) is 28.2 Å². The summed E-state index contributed by atoms with van der Waals surface area (Å²) in [4.78, 5) is 0. The van der Waals surface area contributed by atoms with E-state index in [1.54, 1.807) is 28.2 Å². The van der Waals surface area contributed by atoms with Gasteiger partial charge in [-0.2, -0.15) is 0 Å². The third-order valence-corrected chi connectivity index (χ3v) is 3.39. The molecule has 0 rings (SSSR count). The van der Waals surface area contributed by atoms with Gasteiger partial charge in [0.25, 0.3) is 0 Å². The van der Waals surface area contributed by atoms with Crippen LogP contribution >= 0.6 is 0 Å². The number of nitrogens with zero attached hydrogens (tertiary/aromatic N) is 10. The predicted molar refractivity (Wildman–Crippen MR) is 181 cm³/mol. The van der Waals surface area contributed by atoms with Crippen LogP contribution in [-0.2, 0) is 0 Å². The van der Waals surface area contributed by atoms with E-state index in [0.717, 1.165) is 0 Å². The minimum atomic E-state index is 1.50. The molecule has 0 atom stereocenters. The summed E-state index contributed by atoms with van der Waals surface area (Å²) < 4.78 is 0. The fourth-order valence-corrected chi connectivity index (χ4v) is 0. The molecular formula is C24H80N16. The molecule has 0 aliphatic heterocycles. The third-order valence-electron chi connectivity index (χ3n) is 3.39. The Bertz CT molecular complexity index is 297. The first-order valence-electron chi connectivity index (χ1n) is 12.8. The van der Waals surface area contributed by atoms with Gasteiger partial charge in [-0.25, -0.2) is 20.0 Å². The van der Waals surface area contributed by atoms with E-state index in [0.29, 0.717) is 0 Å². The Balaban J connectivity index is -0.0000000490. The SMILES string of the molecule is CN(C)N.CN(C)N.CN(C)N(C)C.CN(C)N(C)C.CNN(C)C.CNN(C)C.CNN(C)C.CNN(C)C. The molecule has 0 aromatic heterocycles. The maximum absolute atomic E-state index is 4.94. The minimum Gasteiger partial charge on any atom is -0.269 e. The maximum atomic E-state index is 4.94. The second kappa shape index (κ2) is 48.1. The van der Waals surface area contributed by atoms with Crippen molar-refractivity contribution in [3.63, 3.8) is 0 Å². The molecule has 0 saturated heterocycles. The second-order valence-corrected chi connectivity index (χ2v) is 9.79. The van der Waals surface area contributed by atoms with Gasteiger partial charge in [0.1, 0.15) is 0 Å². The largest absolute Gasteiger partial charge is 0.269 e. The molecule has 256 valence electrons. The number of nitrogens with two attached hydrogens (primary N) is 2. The summed E-state index contributed by atoms with van der Waals surface area (Å²) in [6, 6.07) is 0. The Morgan fingerprint density at radius 2 is 0.325 bits per heavy atom. The van der Waals surface area contributed by atoms with E-state index in [9.17, 15) is 0 Å². The highest BCUT2D eigenvalue weighted by atomic mass is 15.6. The summed E-state index contributed by atoms with van der Waals surface area (Å²) in [5.74, 6) is 9.89. The highest BCUT2D eigenvalue weighted by Crippen LogP contribution is 1.73. The lowest BCUT2D eigenvalue weighted by atomic mass is 11.0. The van der Waals surface area contributed by atoms with Gasteiger partial charge in [-0.15, -0.1) is 0 Å². The maximum Gasteiger partial charge on any atom is 0.00151 e. The van der Waals surface area contributed by atoms with Crippen molar-refractivity contribution in [3.8, 4) is 0 Å². The molecule has 16 heteroatoms. The minimum absolute atomic E-state index is 1.50. The Hall–Kier alpha value is -0.640. The van der Waals surface area contributed by atoms with Crippen LogP contribution in [-0.4, -0.2) is 219 Å². The van der Waals surface area contributed by atoms with Crippen molar-refractivity contribution in [1.29, 1.82) is 0 Å². The first-order valence-corrected chi connectivity index (χ1v) is 12.8. The highest BCUT2D eigenvalue weighted by molar-refractivity contribution is 4.22. The van der Waals surface area contributed by atoms with E-state index >= 15 is 0 Å². The van der Waals surface area contributed by atoms with Crippen LogP contribution < -0.4 is 33.4 Å². The van der Waals surface area contributed by atoms with Crippen molar-refractivity contribution in [3.05, 3.63) is 0 Å². The average molecular weight is 593 g/mol. The highest BCUT2D eigenvalue weighted by Gasteiger charge is 1.85.